The van der Waals surface area contributed by atoms with Crippen LogP contribution in [0.2, 0.25) is 0 Å². The van der Waals surface area contributed by atoms with Crippen molar-refractivity contribution < 1.29 is 23.4 Å². The number of nitrogens with one attached hydrogen (secondary N) is 1. The van der Waals surface area contributed by atoms with Gasteiger partial charge in [-0.25, -0.2) is 9.18 Å². The molecule has 1 unspecified atom stereocenters. The number of carbonyl (C=O) groups excluding carboxylic acids is 1. The zero-order valence-electron chi connectivity index (χ0n) is 19.4. The van der Waals surface area contributed by atoms with Crippen molar-refractivity contribution in [2.45, 2.75) is 38.8 Å². The third-order valence-corrected chi connectivity index (χ3v) is 7.28. The Morgan fingerprint density at radius 2 is 2.00 bits per heavy atom. The molecule has 3 saturated heterocycles. The van der Waals surface area contributed by atoms with E-state index < -0.39 is 6.09 Å². The Hall–Kier alpha value is -2.80. The maximum atomic E-state index is 13.8. The highest BCUT2D eigenvalue weighted by Crippen LogP contribution is 2.47. The molecule has 2 aromatic rings. The van der Waals surface area contributed by atoms with Gasteiger partial charge in [-0.1, -0.05) is 26.0 Å². The average Bonchev–Trinajstić information content (AvgIpc) is 2.81. The molecular weight excluding hydrogens is 423 g/mol. The summed E-state index contributed by atoms with van der Waals surface area (Å²) in [6, 6.07) is 9.82. The van der Waals surface area contributed by atoms with Crippen LogP contribution < -0.4 is 14.8 Å². The highest BCUT2D eigenvalue weighted by Gasteiger charge is 2.41. The number of halogens is 1. The van der Waals surface area contributed by atoms with Gasteiger partial charge in [0.25, 0.3) is 0 Å². The minimum atomic E-state index is -0.396. The highest BCUT2D eigenvalue weighted by atomic mass is 19.1. The largest absolute Gasteiger partial charge is 0.496 e. The van der Waals surface area contributed by atoms with E-state index in [1.165, 1.54) is 12.1 Å². The molecule has 2 bridgehead atoms. The summed E-state index contributed by atoms with van der Waals surface area (Å²) in [7, 11) is 1.59. The molecule has 3 fully saturated rings. The smallest absolute Gasteiger partial charge is 0.407 e. The van der Waals surface area contributed by atoms with Gasteiger partial charge >= 0.3 is 6.09 Å². The van der Waals surface area contributed by atoms with E-state index in [0.29, 0.717) is 29.6 Å². The number of amides is 1. The molecule has 1 amide bonds. The van der Waals surface area contributed by atoms with Crippen molar-refractivity contribution in [3.05, 3.63) is 47.8 Å². The van der Waals surface area contributed by atoms with Crippen LogP contribution >= 0.6 is 0 Å². The lowest BCUT2D eigenvalue weighted by atomic mass is 9.78. The van der Waals surface area contributed by atoms with Crippen molar-refractivity contribution in [2.75, 3.05) is 33.4 Å². The van der Waals surface area contributed by atoms with Crippen LogP contribution in [0.5, 0.6) is 11.5 Å². The van der Waals surface area contributed by atoms with Gasteiger partial charge in [-0.15, -0.1) is 0 Å². The molecule has 0 spiro atoms. The Kier molecular flexibility index (Phi) is 5.69. The second-order valence-corrected chi connectivity index (χ2v) is 10.0. The van der Waals surface area contributed by atoms with Crippen molar-refractivity contribution in [3.8, 4) is 22.6 Å². The Labute approximate surface area is 194 Å². The molecule has 6 rings (SSSR count). The second-order valence-electron chi connectivity index (χ2n) is 10.0. The standard InChI is InChI=1S/C26H31FN2O4/c1-26(2)15-32-22-12-19(17-5-4-6-18(27)11-17)21(31-3)13-20(22)24(26)28-25(30)33-23-14-29-9-7-16(23)8-10-29/h4-6,11-13,16,23-24H,7-10,14-15H2,1-3H3,(H,28,30)/t23-,24?/m1/s1. The van der Waals surface area contributed by atoms with Crippen LogP contribution in [0.3, 0.4) is 0 Å². The number of piperidine rings is 3. The fraction of sp³-hybridized carbons (Fsp3) is 0.500. The van der Waals surface area contributed by atoms with E-state index in [1.807, 2.05) is 18.2 Å². The summed E-state index contributed by atoms with van der Waals surface area (Å²) >= 11 is 0. The predicted molar refractivity (Wildman–Crippen MR) is 123 cm³/mol. The summed E-state index contributed by atoms with van der Waals surface area (Å²) in [5.41, 5.74) is 1.92. The molecule has 0 saturated carbocycles. The normalized spacial score (nSPS) is 27.3. The summed E-state index contributed by atoms with van der Waals surface area (Å²) in [4.78, 5) is 15.3. The monoisotopic (exact) mass is 454 g/mol. The van der Waals surface area contributed by atoms with Crippen molar-refractivity contribution >= 4 is 6.09 Å². The molecule has 176 valence electrons. The third-order valence-electron chi connectivity index (χ3n) is 7.28. The van der Waals surface area contributed by atoms with Crippen LogP contribution in [0, 0.1) is 17.2 Å². The lowest BCUT2D eigenvalue weighted by molar-refractivity contribution is -0.0361. The molecule has 4 aliphatic rings. The number of nitrogens with zero attached hydrogens (tertiary/aromatic N) is 1. The fourth-order valence-electron chi connectivity index (χ4n) is 5.35. The number of hydrogen-bond donors (Lipinski definition) is 1. The number of alkyl carbamates (subject to hydrolysis) is 1. The van der Waals surface area contributed by atoms with Crippen molar-refractivity contribution in [2.24, 2.45) is 11.3 Å². The molecule has 0 aliphatic carbocycles. The van der Waals surface area contributed by atoms with E-state index in [-0.39, 0.29) is 23.4 Å². The van der Waals surface area contributed by atoms with E-state index in [1.54, 1.807) is 13.2 Å². The highest BCUT2D eigenvalue weighted by molar-refractivity contribution is 5.75. The Balaban J connectivity index is 1.42. The second kappa shape index (κ2) is 8.52. The van der Waals surface area contributed by atoms with Crippen LogP contribution in [0.1, 0.15) is 38.3 Å². The van der Waals surface area contributed by atoms with E-state index in [0.717, 1.165) is 43.6 Å². The predicted octanol–water partition coefficient (Wildman–Crippen LogP) is 4.78. The third kappa shape index (κ3) is 4.26. The lowest BCUT2D eigenvalue weighted by Crippen LogP contribution is -2.53. The number of rotatable bonds is 4. The fourth-order valence-corrected chi connectivity index (χ4v) is 5.35. The molecule has 33 heavy (non-hydrogen) atoms. The first-order valence-corrected chi connectivity index (χ1v) is 11.6. The summed E-state index contributed by atoms with van der Waals surface area (Å²) in [5.74, 6) is 1.38. The maximum Gasteiger partial charge on any atom is 0.407 e. The van der Waals surface area contributed by atoms with Gasteiger partial charge in [-0.3, -0.25) is 4.90 Å². The first-order valence-electron chi connectivity index (χ1n) is 11.6. The van der Waals surface area contributed by atoms with E-state index >= 15 is 0 Å². The molecule has 0 aromatic heterocycles. The first-order chi connectivity index (χ1) is 15.8. The number of benzene rings is 2. The van der Waals surface area contributed by atoms with E-state index in [2.05, 4.69) is 24.1 Å². The van der Waals surface area contributed by atoms with E-state index in [9.17, 15) is 9.18 Å². The minimum Gasteiger partial charge on any atom is -0.496 e. The molecule has 2 atom stereocenters. The van der Waals surface area contributed by atoms with Crippen molar-refractivity contribution in [3.63, 3.8) is 0 Å². The van der Waals surface area contributed by atoms with Gasteiger partial charge in [0, 0.05) is 23.1 Å². The Morgan fingerprint density at radius 3 is 2.67 bits per heavy atom. The van der Waals surface area contributed by atoms with Crippen molar-refractivity contribution in [1.82, 2.24) is 10.2 Å². The van der Waals surface area contributed by atoms with Gasteiger partial charge in [0.1, 0.15) is 23.4 Å². The minimum absolute atomic E-state index is 0.0557. The van der Waals surface area contributed by atoms with Gasteiger partial charge < -0.3 is 19.5 Å². The summed E-state index contributed by atoms with van der Waals surface area (Å²) < 4.78 is 31.5. The topological polar surface area (TPSA) is 60.0 Å². The van der Waals surface area contributed by atoms with Crippen LogP contribution in [-0.2, 0) is 4.74 Å². The van der Waals surface area contributed by atoms with Crippen LogP contribution in [-0.4, -0.2) is 50.4 Å². The molecule has 4 heterocycles. The van der Waals surface area contributed by atoms with Gasteiger partial charge in [-0.2, -0.15) is 0 Å². The zero-order chi connectivity index (χ0) is 23.2. The summed E-state index contributed by atoms with van der Waals surface area (Å²) in [5, 5.41) is 3.12. The molecule has 4 aliphatic heterocycles. The molecule has 7 heteroatoms. The van der Waals surface area contributed by atoms with Gasteiger partial charge in [0.15, 0.2) is 0 Å². The zero-order valence-corrected chi connectivity index (χ0v) is 19.4. The Morgan fingerprint density at radius 1 is 1.21 bits per heavy atom. The SMILES string of the molecule is COc1cc2c(cc1-c1cccc(F)c1)OCC(C)(C)C2NC(=O)O[C@@H]1CN2CCC1CC2. The molecule has 1 N–H and O–H groups in total. The molecule has 0 radical (unpaired) electrons. The lowest BCUT2D eigenvalue weighted by Gasteiger charge is -2.44. The quantitative estimate of drug-likeness (QED) is 0.721. The van der Waals surface area contributed by atoms with Gasteiger partial charge in [-0.05, 0) is 61.7 Å². The van der Waals surface area contributed by atoms with Gasteiger partial charge in [0.2, 0.25) is 0 Å². The number of hydrogen-bond acceptors (Lipinski definition) is 5. The number of ether oxygens (including phenoxy) is 3. The van der Waals surface area contributed by atoms with Crippen LogP contribution in [0.25, 0.3) is 11.1 Å². The molecule has 2 aromatic carbocycles. The number of methoxy groups -OCH3 is 1. The maximum absolute atomic E-state index is 13.8. The summed E-state index contributed by atoms with van der Waals surface area (Å²) in [6.45, 7) is 7.56. The van der Waals surface area contributed by atoms with Crippen LogP contribution in [0.15, 0.2) is 36.4 Å². The molecular formula is C26H31FN2O4. The van der Waals surface area contributed by atoms with Crippen molar-refractivity contribution in [1.29, 1.82) is 0 Å². The van der Waals surface area contributed by atoms with E-state index in [4.69, 9.17) is 14.2 Å². The average molecular weight is 455 g/mol. The van der Waals surface area contributed by atoms with Crippen LogP contribution in [0.4, 0.5) is 9.18 Å². The molecule has 6 nitrogen and oxygen atoms in total. The Bertz CT molecular complexity index is 1050. The number of carbonyl (C=O) groups is 1. The summed E-state index contributed by atoms with van der Waals surface area (Å²) in [6.07, 6.45) is 1.72. The number of fused-ring (bicyclic) bond motifs is 4. The van der Waals surface area contributed by atoms with Gasteiger partial charge in [0.05, 0.1) is 19.8 Å². The first kappa shape index (κ1) is 22.0.